The van der Waals surface area contributed by atoms with Gasteiger partial charge in [0, 0.05) is 11.6 Å². The number of benzene rings is 1. The molecule has 2 unspecified atom stereocenters. The van der Waals surface area contributed by atoms with Gasteiger partial charge < -0.3 is 5.73 Å². The van der Waals surface area contributed by atoms with E-state index in [9.17, 15) is 0 Å². The molecule has 1 aromatic carbocycles. The third-order valence-corrected chi connectivity index (χ3v) is 5.26. The lowest BCUT2D eigenvalue weighted by atomic mass is 9.91. The number of hydrogen-bond acceptors (Lipinski definition) is 1. The summed E-state index contributed by atoms with van der Waals surface area (Å²) >= 11 is 0. The molecule has 2 aliphatic rings. The first kappa shape index (κ1) is 15.9. The first-order valence-corrected chi connectivity index (χ1v) is 8.57. The van der Waals surface area contributed by atoms with Crippen LogP contribution in [-0.4, -0.2) is 0 Å². The van der Waals surface area contributed by atoms with E-state index in [1.165, 1.54) is 33.4 Å². The van der Waals surface area contributed by atoms with Crippen molar-refractivity contribution in [2.45, 2.75) is 46.0 Å². The van der Waals surface area contributed by atoms with Gasteiger partial charge in [0.2, 0.25) is 0 Å². The van der Waals surface area contributed by atoms with Crippen molar-refractivity contribution >= 4 is 0 Å². The highest BCUT2D eigenvalue weighted by Crippen LogP contribution is 2.56. The molecule has 0 radical (unpaired) electrons. The molecule has 3 rings (SSSR count). The van der Waals surface area contributed by atoms with Crippen molar-refractivity contribution in [2.75, 3.05) is 0 Å². The maximum absolute atomic E-state index is 6.19. The van der Waals surface area contributed by atoms with Crippen molar-refractivity contribution < 1.29 is 0 Å². The van der Waals surface area contributed by atoms with Crippen LogP contribution in [0.25, 0.3) is 0 Å². The number of rotatable bonds is 2. The van der Waals surface area contributed by atoms with E-state index in [0.717, 1.165) is 12.1 Å². The van der Waals surface area contributed by atoms with Gasteiger partial charge in [-0.05, 0) is 65.5 Å². The summed E-state index contributed by atoms with van der Waals surface area (Å²) in [6.45, 7) is 13.0. The van der Waals surface area contributed by atoms with Crippen LogP contribution in [0.4, 0.5) is 0 Å². The fourth-order valence-electron chi connectivity index (χ4n) is 4.17. The lowest BCUT2D eigenvalue weighted by molar-refractivity contribution is 0.636. The highest BCUT2D eigenvalue weighted by atomic mass is 14.6. The molecule has 120 valence electrons. The van der Waals surface area contributed by atoms with Gasteiger partial charge in [0.05, 0.1) is 0 Å². The number of fused-ring (bicyclic) bond motifs is 3. The second-order valence-corrected chi connectivity index (χ2v) is 7.13. The molecule has 2 atom stereocenters. The summed E-state index contributed by atoms with van der Waals surface area (Å²) in [4.78, 5) is 0. The zero-order valence-electron chi connectivity index (χ0n) is 14.7. The zero-order chi connectivity index (χ0) is 16.7. The first-order valence-electron chi connectivity index (χ1n) is 8.57. The molecular formula is C22H27N. The van der Waals surface area contributed by atoms with Crippen LogP contribution in [-0.2, 0) is 6.42 Å². The average molecular weight is 305 g/mol. The largest absolute Gasteiger partial charge is 0.402 e. The van der Waals surface area contributed by atoms with Gasteiger partial charge in [-0.1, -0.05) is 56.9 Å². The Balaban J connectivity index is 2.11. The van der Waals surface area contributed by atoms with Crippen LogP contribution < -0.4 is 5.73 Å². The summed E-state index contributed by atoms with van der Waals surface area (Å²) in [5.41, 5.74) is 15.2. The quantitative estimate of drug-likeness (QED) is 0.781. The monoisotopic (exact) mass is 305 g/mol. The molecular weight excluding hydrogens is 278 g/mol. The van der Waals surface area contributed by atoms with Gasteiger partial charge in [-0.25, -0.2) is 0 Å². The summed E-state index contributed by atoms with van der Waals surface area (Å²) in [5.74, 6) is 1.46. The maximum atomic E-state index is 6.19. The summed E-state index contributed by atoms with van der Waals surface area (Å²) in [5, 5.41) is 0. The summed E-state index contributed by atoms with van der Waals surface area (Å²) in [6.07, 6.45) is 7.53. The molecule has 1 heteroatoms. The van der Waals surface area contributed by atoms with Gasteiger partial charge in [0.25, 0.3) is 0 Å². The highest BCUT2D eigenvalue weighted by Gasteiger charge is 2.44. The third-order valence-electron chi connectivity index (χ3n) is 5.26. The lowest BCUT2D eigenvalue weighted by Gasteiger charge is -2.13. The first-order chi connectivity index (χ1) is 11.0. The van der Waals surface area contributed by atoms with E-state index in [1.54, 1.807) is 0 Å². The Morgan fingerprint density at radius 2 is 2.09 bits per heavy atom. The lowest BCUT2D eigenvalue weighted by Crippen LogP contribution is -2.03. The molecule has 2 N–H and O–H groups in total. The minimum Gasteiger partial charge on any atom is -0.402 e. The van der Waals surface area contributed by atoms with E-state index >= 15 is 0 Å². The molecule has 0 aliphatic heterocycles. The van der Waals surface area contributed by atoms with Crippen molar-refractivity contribution in [2.24, 2.45) is 11.7 Å². The minimum atomic E-state index is 0.399. The van der Waals surface area contributed by atoms with Gasteiger partial charge in [-0.15, -0.1) is 0 Å². The molecule has 1 aromatic rings. The summed E-state index contributed by atoms with van der Waals surface area (Å²) < 4.78 is 0. The Morgan fingerprint density at radius 1 is 1.35 bits per heavy atom. The molecule has 0 heterocycles. The van der Waals surface area contributed by atoms with E-state index < -0.39 is 0 Å². The van der Waals surface area contributed by atoms with Gasteiger partial charge in [-0.2, -0.15) is 0 Å². The molecule has 0 spiro atoms. The van der Waals surface area contributed by atoms with Crippen molar-refractivity contribution in [3.8, 4) is 0 Å². The van der Waals surface area contributed by atoms with E-state index in [-0.39, 0.29) is 0 Å². The summed E-state index contributed by atoms with van der Waals surface area (Å²) in [7, 11) is 0. The van der Waals surface area contributed by atoms with Crippen LogP contribution in [0.1, 0.15) is 56.2 Å². The van der Waals surface area contributed by atoms with Crippen LogP contribution in [0.2, 0.25) is 0 Å². The van der Waals surface area contributed by atoms with Crippen LogP contribution >= 0.6 is 0 Å². The number of allylic oxidation sites excluding steroid dienone is 7. The molecule has 1 nitrogen and oxygen atoms in total. The molecule has 0 amide bonds. The SMILES string of the molecule is C=C1C(=C(/C)N)/C(=C\C=C/C)C2Cc3cc(C(C)C)ccc3C12. The Hall–Kier alpha value is -2.02. The van der Waals surface area contributed by atoms with E-state index in [2.05, 4.69) is 63.8 Å². The minimum absolute atomic E-state index is 0.399. The van der Waals surface area contributed by atoms with Crippen molar-refractivity contribution in [3.63, 3.8) is 0 Å². The maximum Gasteiger partial charge on any atom is 0.0165 e. The smallest absolute Gasteiger partial charge is 0.0165 e. The van der Waals surface area contributed by atoms with Gasteiger partial charge >= 0.3 is 0 Å². The molecule has 0 bridgehead atoms. The van der Waals surface area contributed by atoms with Crippen molar-refractivity contribution in [3.05, 3.63) is 82.1 Å². The predicted molar refractivity (Wildman–Crippen MR) is 99.4 cm³/mol. The molecule has 2 aliphatic carbocycles. The van der Waals surface area contributed by atoms with Crippen molar-refractivity contribution in [1.29, 1.82) is 0 Å². The van der Waals surface area contributed by atoms with Gasteiger partial charge in [-0.3, -0.25) is 0 Å². The van der Waals surface area contributed by atoms with Gasteiger partial charge in [0.15, 0.2) is 0 Å². The second-order valence-electron chi connectivity index (χ2n) is 7.13. The Morgan fingerprint density at radius 3 is 2.70 bits per heavy atom. The van der Waals surface area contributed by atoms with E-state index in [1.807, 2.05) is 6.92 Å². The Labute approximate surface area is 140 Å². The third kappa shape index (κ3) is 2.49. The highest BCUT2D eigenvalue weighted by molar-refractivity contribution is 5.65. The molecule has 1 saturated carbocycles. The molecule has 0 aromatic heterocycles. The van der Waals surface area contributed by atoms with E-state index in [0.29, 0.717) is 17.8 Å². The van der Waals surface area contributed by atoms with Crippen LogP contribution in [0.5, 0.6) is 0 Å². The normalized spacial score (nSPS) is 27.2. The Kier molecular flexibility index (Phi) is 4.06. The van der Waals surface area contributed by atoms with Crippen LogP contribution in [0.3, 0.4) is 0 Å². The zero-order valence-corrected chi connectivity index (χ0v) is 14.7. The number of hydrogen-bond donors (Lipinski definition) is 1. The Bertz CT molecular complexity index is 739. The molecule has 0 saturated heterocycles. The molecule has 23 heavy (non-hydrogen) atoms. The fourth-order valence-corrected chi connectivity index (χ4v) is 4.17. The van der Waals surface area contributed by atoms with E-state index in [4.69, 9.17) is 5.73 Å². The summed E-state index contributed by atoms with van der Waals surface area (Å²) in [6, 6.07) is 7.01. The van der Waals surface area contributed by atoms with Crippen molar-refractivity contribution in [1.82, 2.24) is 0 Å². The van der Waals surface area contributed by atoms with Gasteiger partial charge in [0.1, 0.15) is 0 Å². The van der Waals surface area contributed by atoms with Crippen LogP contribution in [0, 0.1) is 5.92 Å². The van der Waals surface area contributed by atoms with Crippen LogP contribution in [0.15, 0.2) is 65.4 Å². The topological polar surface area (TPSA) is 26.0 Å². The molecule has 1 fully saturated rings. The fraction of sp³-hybridized carbons (Fsp3) is 0.364. The predicted octanol–water partition coefficient (Wildman–Crippen LogP) is 5.37. The standard InChI is InChI=1S/C22H27N/c1-6-7-8-19-20-12-17-11-16(13(2)3)9-10-18(17)22(20)14(4)21(19)15(5)23/h6-11,13,20,22H,4,12,23H2,1-3,5H3/b7-6-,19-8-,21-15+. The second kappa shape index (κ2) is 5.88. The number of nitrogens with two attached hydrogens (primary N) is 1. The average Bonchev–Trinajstić information content (AvgIpc) is 2.99.